The number of unbranched alkanes of at least 4 members (excludes halogenated alkanes) is 3. The number of nitrogens with two attached hydrogens (primary N) is 1. The van der Waals surface area contributed by atoms with E-state index in [0.717, 1.165) is 19.4 Å². The summed E-state index contributed by atoms with van der Waals surface area (Å²) in [7, 11) is 0. The Hall–Kier alpha value is -0.570. The van der Waals surface area contributed by atoms with Crippen molar-refractivity contribution in [3.63, 3.8) is 0 Å². The van der Waals surface area contributed by atoms with Gasteiger partial charge in [0.05, 0.1) is 11.9 Å². The monoisotopic (exact) mass is 200 g/mol. The zero-order valence-corrected chi connectivity index (χ0v) is 9.51. The van der Waals surface area contributed by atoms with Crippen LogP contribution in [0.1, 0.15) is 52.4 Å². The average Bonchev–Trinajstić information content (AvgIpc) is 2.15. The molecule has 0 amide bonds. The molecular weight excluding hydrogens is 176 g/mol. The van der Waals surface area contributed by atoms with E-state index in [4.69, 9.17) is 15.9 Å². The Morgan fingerprint density at radius 3 is 2.50 bits per heavy atom. The first-order valence-corrected chi connectivity index (χ1v) is 5.65. The fourth-order valence-electron chi connectivity index (χ4n) is 1.35. The molecule has 0 spiro atoms. The summed E-state index contributed by atoms with van der Waals surface area (Å²) in [6.45, 7) is 5.08. The second-order valence-corrected chi connectivity index (χ2v) is 3.69. The van der Waals surface area contributed by atoms with E-state index in [0.29, 0.717) is 6.42 Å². The summed E-state index contributed by atoms with van der Waals surface area (Å²) in [5, 5.41) is 7.17. The van der Waals surface area contributed by atoms with Gasteiger partial charge in [-0.25, -0.2) is 0 Å². The number of hydrogen-bond donors (Lipinski definition) is 2. The predicted octanol–water partition coefficient (Wildman–Crippen LogP) is 2.69. The lowest BCUT2D eigenvalue weighted by Gasteiger charge is -2.14. The Balaban J connectivity index is 3.38. The molecule has 0 radical (unpaired) electrons. The highest BCUT2D eigenvalue weighted by Gasteiger charge is 2.07. The average molecular weight is 200 g/mol. The predicted molar refractivity (Wildman–Crippen MR) is 60.7 cm³/mol. The van der Waals surface area contributed by atoms with E-state index in [-0.39, 0.29) is 11.9 Å². The molecular formula is C11H24N2O. The van der Waals surface area contributed by atoms with Crippen LogP contribution in [0.5, 0.6) is 0 Å². The van der Waals surface area contributed by atoms with Crippen molar-refractivity contribution in [2.24, 2.45) is 5.73 Å². The minimum absolute atomic E-state index is 0.147. The van der Waals surface area contributed by atoms with Gasteiger partial charge in [-0.2, -0.15) is 0 Å². The van der Waals surface area contributed by atoms with Crippen molar-refractivity contribution in [1.29, 1.82) is 5.41 Å². The quantitative estimate of drug-likeness (QED) is 0.341. The van der Waals surface area contributed by atoms with Crippen molar-refractivity contribution in [1.82, 2.24) is 0 Å². The summed E-state index contributed by atoms with van der Waals surface area (Å²) in [5.74, 6) is 0.227. The molecule has 84 valence electrons. The van der Waals surface area contributed by atoms with E-state index in [2.05, 4.69) is 13.8 Å². The Morgan fingerprint density at radius 1 is 1.29 bits per heavy atom. The molecule has 0 bridgehead atoms. The third-order valence-electron chi connectivity index (χ3n) is 2.25. The lowest BCUT2D eigenvalue weighted by molar-refractivity contribution is 0.0528. The van der Waals surface area contributed by atoms with Crippen LogP contribution in [0.15, 0.2) is 0 Å². The second-order valence-electron chi connectivity index (χ2n) is 3.69. The Bertz CT molecular complexity index is 148. The van der Waals surface area contributed by atoms with Gasteiger partial charge < -0.3 is 10.5 Å². The van der Waals surface area contributed by atoms with E-state index in [1.54, 1.807) is 0 Å². The van der Waals surface area contributed by atoms with Crippen LogP contribution in [-0.2, 0) is 4.74 Å². The maximum absolute atomic E-state index is 7.17. The van der Waals surface area contributed by atoms with Crippen LogP contribution in [0.3, 0.4) is 0 Å². The van der Waals surface area contributed by atoms with E-state index >= 15 is 0 Å². The smallest absolute Gasteiger partial charge is 0.0931 e. The maximum atomic E-state index is 7.17. The Kier molecular flexibility index (Phi) is 8.64. The SMILES string of the molecule is CCCCCCOC(CC)CC(=N)N. The highest BCUT2D eigenvalue weighted by atomic mass is 16.5. The molecule has 0 fully saturated rings. The first kappa shape index (κ1) is 13.4. The van der Waals surface area contributed by atoms with Crippen LogP contribution in [0.25, 0.3) is 0 Å². The molecule has 14 heavy (non-hydrogen) atoms. The van der Waals surface area contributed by atoms with Gasteiger partial charge in [0.2, 0.25) is 0 Å². The van der Waals surface area contributed by atoms with E-state index in [9.17, 15) is 0 Å². The standard InChI is InChI=1S/C11H24N2O/c1-3-5-6-7-8-14-10(4-2)9-11(12)13/h10H,3-9H2,1-2H3,(H3,12,13). The molecule has 0 aromatic rings. The van der Waals surface area contributed by atoms with Crippen molar-refractivity contribution >= 4 is 5.84 Å². The highest BCUT2D eigenvalue weighted by molar-refractivity contribution is 5.77. The molecule has 0 aliphatic heterocycles. The van der Waals surface area contributed by atoms with E-state index < -0.39 is 0 Å². The summed E-state index contributed by atoms with van der Waals surface area (Å²) < 4.78 is 5.63. The van der Waals surface area contributed by atoms with Crippen molar-refractivity contribution in [3.8, 4) is 0 Å². The molecule has 3 nitrogen and oxygen atoms in total. The molecule has 0 aliphatic carbocycles. The molecule has 0 aromatic heterocycles. The summed E-state index contributed by atoms with van der Waals surface area (Å²) in [5.41, 5.74) is 5.32. The topological polar surface area (TPSA) is 59.1 Å². The van der Waals surface area contributed by atoms with Gasteiger partial charge >= 0.3 is 0 Å². The molecule has 1 atom stereocenters. The van der Waals surface area contributed by atoms with Crippen LogP contribution in [-0.4, -0.2) is 18.5 Å². The molecule has 0 heterocycles. The van der Waals surface area contributed by atoms with E-state index in [1.807, 2.05) is 0 Å². The van der Waals surface area contributed by atoms with Crippen LogP contribution in [0, 0.1) is 5.41 Å². The fourth-order valence-corrected chi connectivity index (χ4v) is 1.35. The van der Waals surface area contributed by atoms with Crippen molar-refractivity contribution in [2.75, 3.05) is 6.61 Å². The maximum Gasteiger partial charge on any atom is 0.0931 e. The number of ether oxygens (including phenoxy) is 1. The molecule has 0 saturated heterocycles. The molecule has 0 rings (SSSR count). The van der Waals surface area contributed by atoms with Gasteiger partial charge in [0.25, 0.3) is 0 Å². The summed E-state index contributed by atoms with van der Waals surface area (Å²) in [4.78, 5) is 0. The van der Waals surface area contributed by atoms with Crippen molar-refractivity contribution < 1.29 is 4.74 Å². The van der Waals surface area contributed by atoms with Gasteiger partial charge in [0.15, 0.2) is 0 Å². The largest absolute Gasteiger partial charge is 0.388 e. The van der Waals surface area contributed by atoms with Gasteiger partial charge in [-0.3, -0.25) is 5.41 Å². The molecule has 3 N–H and O–H groups in total. The van der Waals surface area contributed by atoms with Gasteiger partial charge in [-0.05, 0) is 12.8 Å². The lowest BCUT2D eigenvalue weighted by atomic mass is 10.2. The fraction of sp³-hybridized carbons (Fsp3) is 0.909. The lowest BCUT2D eigenvalue weighted by Crippen LogP contribution is -2.22. The first-order chi connectivity index (χ1) is 6.70. The highest BCUT2D eigenvalue weighted by Crippen LogP contribution is 2.06. The number of nitrogens with one attached hydrogen (secondary N) is 1. The summed E-state index contributed by atoms with van der Waals surface area (Å²) >= 11 is 0. The number of amidine groups is 1. The zero-order valence-electron chi connectivity index (χ0n) is 9.51. The van der Waals surface area contributed by atoms with Gasteiger partial charge in [0.1, 0.15) is 0 Å². The van der Waals surface area contributed by atoms with Gasteiger partial charge in [0, 0.05) is 13.0 Å². The van der Waals surface area contributed by atoms with Crippen LogP contribution in [0.4, 0.5) is 0 Å². The first-order valence-electron chi connectivity index (χ1n) is 5.65. The zero-order chi connectivity index (χ0) is 10.8. The summed E-state index contributed by atoms with van der Waals surface area (Å²) in [6.07, 6.45) is 6.57. The van der Waals surface area contributed by atoms with Crippen molar-refractivity contribution in [2.45, 2.75) is 58.5 Å². The minimum Gasteiger partial charge on any atom is -0.388 e. The van der Waals surface area contributed by atoms with Crippen LogP contribution < -0.4 is 5.73 Å². The Morgan fingerprint density at radius 2 is 2.00 bits per heavy atom. The minimum atomic E-state index is 0.147. The second kappa shape index (κ2) is 9.00. The molecule has 1 unspecified atom stereocenters. The molecule has 0 aromatic carbocycles. The third-order valence-corrected chi connectivity index (χ3v) is 2.25. The summed E-state index contributed by atoms with van der Waals surface area (Å²) in [6, 6.07) is 0. The molecule has 0 aliphatic rings. The third kappa shape index (κ3) is 8.05. The van der Waals surface area contributed by atoms with Crippen LogP contribution >= 0.6 is 0 Å². The van der Waals surface area contributed by atoms with Crippen molar-refractivity contribution in [3.05, 3.63) is 0 Å². The number of hydrogen-bond acceptors (Lipinski definition) is 2. The molecule has 0 saturated carbocycles. The molecule has 3 heteroatoms. The van der Waals surface area contributed by atoms with E-state index in [1.165, 1.54) is 19.3 Å². The Labute approximate surface area is 87.5 Å². The number of rotatable bonds is 9. The van der Waals surface area contributed by atoms with Gasteiger partial charge in [-0.1, -0.05) is 33.1 Å². The van der Waals surface area contributed by atoms with Gasteiger partial charge in [-0.15, -0.1) is 0 Å². The van der Waals surface area contributed by atoms with Crippen LogP contribution in [0.2, 0.25) is 0 Å². The normalized spacial score (nSPS) is 12.7.